The molecule has 7 nitrogen and oxygen atoms in total. The van der Waals surface area contributed by atoms with Crippen LogP contribution >= 0.6 is 0 Å². The molecule has 0 saturated carbocycles. The number of carboxylic acids is 1. The van der Waals surface area contributed by atoms with E-state index in [0.29, 0.717) is 6.42 Å². The molecule has 0 unspecified atom stereocenters. The number of aliphatic carboxylic acids is 1. The normalized spacial score (nSPS) is 16.3. The van der Waals surface area contributed by atoms with Gasteiger partial charge in [-0.15, -0.1) is 0 Å². The highest BCUT2D eigenvalue weighted by Crippen LogP contribution is 2.00. The third-order valence-electron chi connectivity index (χ3n) is 2.40. The number of morpholine rings is 1. The number of ether oxygens (including phenoxy) is 1. The van der Waals surface area contributed by atoms with E-state index in [1.165, 1.54) is 7.11 Å². The van der Waals surface area contributed by atoms with Crippen LogP contribution in [-0.4, -0.2) is 70.1 Å². The zero-order valence-electron chi connectivity index (χ0n) is 11.1. The maximum Gasteiger partial charge on any atom is 0.327 e. The van der Waals surface area contributed by atoms with Crippen molar-refractivity contribution in [2.75, 3.05) is 45.7 Å². The molecule has 0 bridgehead atoms. The van der Waals surface area contributed by atoms with Crippen LogP contribution in [-0.2, 0) is 23.8 Å². The van der Waals surface area contributed by atoms with Crippen LogP contribution in [0, 0.1) is 0 Å². The van der Waals surface area contributed by atoms with Gasteiger partial charge in [0.2, 0.25) is 0 Å². The standard InChI is InChI=1S/C8H17NO4S.C3H4O2/c1-12-14(10,11)8-2-3-9-4-6-13-7-5-9;1-2-3(4)5/h2-8H2,1H3;2H,1H2,(H,4,5). The molecule has 0 aromatic heterocycles. The van der Waals surface area contributed by atoms with Crippen molar-refractivity contribution in [3.8, 4) is 0 Å². The minimum atomic E-state index is -3.28. The summed E-state index contributed by atoms with van der Waals surface area (Å²) in [6, 6.07) is 0. The van der Waals surface area contributed by atoms with Crippen LogP contribution in [0.1, 0.15) is 6.42 Å². The molecule has 1 saturated heterocycles. The van der Waals surface area contributed by atoms with Crippen molar-refractivity contribution in [3.05, 3.63) is 12.7 Å². The van der Waals surface area contributed by atoms with Crippen molar-refractivity contribution in [3.63, 3.8) is 0 Å². The summed E-state index contributed by atoms with van der Waals surface area (Å²) in [7, 11) is -2.08. The quantitative estimate of drug-likeness (QED) is 0.542. The Kier molecular flexibility index (Phi) is 9.40. The van der Waals surface area contributed by atoms with Gasteiger partial charge in [0.15, 0.2) is 0 Å². The summed E-state index contributed by atoms with van der Waals surface area (Å²) in [5.74, 6) is -0.883. The van der Waals surface area contributed by atoms with Crippen molar-refractivity contribution in [2.45, 2.75) is 6.42 Å². The molecule has 19 heavy (non-hydrogen) atoms. The number of nitrogens with zero attached hydrogens (tertiary/aromatic N) is 1. The third kappa shape index (κ3) is 10.6. The van der Waals surface area contributed by atoms with Crippen LogP contribution in [0.25, 0.3) is 0 Å². The summed E-state index contributed by atoms with van der Waals surface area (Å²) in [5.41, 5.74) is 0. The number of hydrogen-bond donors (Lipinski definition) is 1. The summed E-state index contributed by atoms with van der Waals surface area (Å²) in [6.45, 7) is 7.04. The van der Waals surface area contributed by atoms with Gasteiger partial charge in [-0.05, 0) is 13.0 Å². The molecule has 112 valence electrons. The van der Waals surface area contributed by atoms with Crippen LogP contribution in [0.4, 0.5) is 0 Å². The lowest BCUT2D eigenvalue weighted by atomic mass is 10.4. The molecule has 0 radical (unpaired) electrons. The van der Waals surface area contributed by atoms with Gasteiger partial charge in [0.25, 0.3) is 10.1 Å². The van der Waals surface area contributed by atoms with Crippen molar-refractivity contribution in [1.82, 2.24) is 4.90 Å². The topological polar surface area (TPSA) is 93.1 Å². The molecular weight excluding hydrogens is 274 g/mol. The van der Waals surface area contributed by atoms with Gasteiger partial charge in [-0.25, -0.2) is 4.79 Å². The fourth-order valence-electron chi connectivity index (χ4n) is 1.37. The van der Waals surface area contributed by atoms with E-state index in [4.69, 9.17) is 9.84 Å². The molecular formula is C11H21NO6S. The zero-order chi connectivity index (χ0) is 14.7. The Balaban J connectivity index is 0.000000555. The van der Waals surface area contributed by atoms with E-state index in [0.717, 1.165) is 38.9 Å². The van der Waals surface area contributed by atoms with Crippen molar-refractivity contribution in [1.29, 1.82) is 0 Å². The highest BCUT2D eigenvalue weighted by molar-refractivity contribution is 7.86. The number of carboxylic acid groups (broad SMARTS) is 1. The molecule has 8 heteroatoms. The number of rotatable bonds is 6. The number of hydrogen-bond acceptors (Lipinski definition) is 6. The number of carbonyl (C=O) groups is 1. The first-order chi connectivity index (χ1) is 8.91. The van der Waals surface area contributed by atoms with Crippen molar-refractivity contribution in [2.24, 2.45) is 0 Å². The second-order valence-electron chi connectivity index (χ2n) is 3.78. The van der Waals surface area contributed by atoms with Crippen molar-refractivity contribution >= 4 is 16.1 Å². The third-order valence-corrected chi connectivity index (χ3v) is 3.70. The first-order valence-corrected chi connectivity index (χ1v) is 7.42. The Hall–Kier alpha value is -0.960. The fourth-order valence-corrected chi connectivity index (χ4v) is 2.02. The van der Waals surface area contributed by atoms with E-state index >= 15 is 0 Å². The van der Waals surface area contributed by atoms with Crippen LogP contribution < -0.4 is 0 Å². The molecule has 1 heterocycles. The second-order valence-corrected chi connectivity index (χ2v) is 5.64. The molecule has 1 fully saturated rings. The minimum Gasteiger partial charge on any atom is -0.478 e. The lowest BCUT2D eigenvalue weighted by Gasteiger charge is -2.26. The Morgan fingerprint density at radius 3 is 2.42 bits per heavy atom. The van der Waals surface area contributed by atoms with Gasteiger partial charge in [-0.2, -0.15) is 8.42 Å². The van der Waals surface area contributed by atoms with E-state index in [-0.39, 0.29) is 5.75 Å². The summed E-state index contributed by atoms with van der Waals surface area (Å²) in [5, 5.41) is 7.60. The van der Waals surface area contributed by atoms with Gasteiger partial charge in [-0.1, -0.05) is 6.58 Å². The fraction of sp³-hybridized carbons (Fsp3) is 0.727. The smallest absolute Gasteiger partial charge is 0.327 e. The van der Waals surface area contributed by atoms with Gasteiger partial charge >= 0.3 is 5.97 Å². The largest absolute Gasteiger partial charge is 0.478 e. The van der Waals surface area contributed by atoms with Gasteiger partial charge in [-0.3, -0.25) is 9.08 Å². The second kappa shape index (κ2) is 9.90. The molecule has 0 aromatic carbocycles. The molecule has 0 atom stereocenters. The van der Waals surface area contributed by atoms with E-state index < -0.39 is 16.1 Å². The summed E-state index contributed by atoms with van der Waals surface area (Å²) >= 11 is 0. The Bertz CT molecular complexity index is 361. The van der Waals surface area contributed by atoms with Crippen LogP contribution in [0.15, 0.2) is 12.7 Å². The highest BCUT2D eigenvalue weighted by atomic mass is 32.2. The average molecular weight is 295 g/mol. The average Bonchev–Trinajstić information content (AvgIpc) is 2.40. The molecule has 0 aliphatic carbocycles. The first-order valence-electron chi connectivity index (χ1n) is 5.85. The summed E-state index contributed by atoms with van der Waals surface area (Å²) in [4.78, 5) is 11.5. The lowest BCUT2D eigenvalue weighted by Crippen LogP contribution is -2.37. The maximum atomic E-state index is 11.0. The van der Waals surface area contributed by atoms with Gasteiger partial charge in [0, 0.05) is 19.2 Å². The molecule has 1 N–H and O–H groups in total. The summed E-state index contributed by atoms with van der Waals surface area (Å²) < 4.78 is 31.5. The Morgan fingerprint density at radius 1 is 1.47 bits per heavy atom. The SMILES string of the molecule is C=CC(=O)O.COS(=O)(=O)CCCN1CCOCC1. The molecule has 0 aromatic rings. The van der Waals surface area contributed by atoms with Crippen LogP contribution in [0.2, 0.25) is 0 Å². The molecule has 1 aliphatic heterocycles. The first kappa shape index (κ1) is 18.0. The van der Waals surface area contributed by atoms with Gasteiger partial charge in [0.1, 0.15) is 0 Å². The van der Waals surface area contributed by atoms with Gasteiger partial charge in [0.05, 0.1) is 26.1 Å². The predicted molar refractivity (Wildman–Crippen MR) is 70.5 cm³/mol. The Morgan fingerprint density at radius 2 is 2.00 bits per heavy atom. The van der Waals surface area contributed by atoms with E-state index in [2.05, 4.69) is 15.7 Å². The predicted octanol–water partition coefficient (Wildman–Crippen LogP) is -0.0581. The van der Waals surface area contributed by atoms with E-state index in [1.807, 2.05) is 0 Å². The monoisotopic (exact) mass is 295 g/mol. The highest BCUT2D eigenvalue weighted by Gasteiger charge is 2.12. The Labute approximate surface area is 113 Å². The molecule has 1 rings (SSSR count). The van der Waals surface area contributed by atoms with Crippen LogP contribution in [0.5, 0.6) is 0 Å². The van der Waals surface area contributed by atoms with Crippen LogP contribution in [0.3, 0.4) is 0 Å². The lowest BCUT2D eigenvalue weighted by molar-refractivity contribution is -0.131. The van der Waals surface area contributed by atoms with Crippen molar-refractivity contribution < 1.29 is 27.2 Å². The van der Waals surface area contributed by atoms with Gasteiger partial charge < -0.3 is 9.84 Å². The summed E-state index contributed by atoms with van der Waals surface area (Å²) in [6.07, 6.45) is 1.45. The van der Waals surface area contributed by atoms with E-state index in [9.17, 15) is 13.2 Å². The molecule has 0 amide bonds. The molecule has 1 aliphatic rings. The minimum absolute atomic E-state index is 0.0981. The van der Waals surface area contributed by atoms with E-state index in [1.54, 1.807) is 0 Å². The zero-order valence-corrected chi connectivity index (χ0v) is 11.9. The molecule has 0 spiro atoms. The maximum absolute atomic E-state index is 11.0.